The maximum Gasteiger partial charge on any atom is 0.126 e. The van der Waals surface area contributed by atoms with E-state index >= 15 is 0 Å². The third-order valence-corrected chi connectivity index (χ3v) is 5.48. The second-order valence-electron chi connectivity index (χ2n) is 6.45. The molecule has 2 atom stereocenters. The van der Waals surface area contributed by atoms with Crippen molar-refractivity contribution in [1.82, 2.24) is 9.80 Å². The lowest BCUT2D eigenvalue weighted by molar-refractivity contribution is 0.0979. The molecule has 0 N–H and O–H groups in total. The standard InChI is InChI=1S/C18H21FN2OS/c19-15-2-1-3-17(8-15)22-18-9-16-11-20(5-6-21(16)12-18)10-14-4-7-23-13-14/h1-4,7-8,13,16,18H,5-6,9-12H2. The highest BCUT2D eigenvalue weighted by atomic mass is 32.1. The summed E-state index contributed by atoms with van der Waals surface area (Å²) in [6, 6.07) is 9.23. The van der Waals surface area contributed by atoms with Gasteiger partial charge in [0.05, 0.1) is 0 Å². The molecule has 0 aliphatic carbocycles. The molecule has 2 saturated heterocycles. The Bertz CT molecular complexity index is 648. The summed E-state index contributed by atoms with van der Waals surface area (Å²) in [5.41, 5.74) is 1.41. The molecule has 23 heavy (non-hydrogen) atoms. The summed E-state index contributed by atoms with van der Waals surface area (Å²) in [7, 11) is 0. The van der Waals surface area contributed by atoms with Gasteiger partial charge in [0.2, 0.25) is 0 Å². The number of thiophene rings is 1. The van der Waals surface area contributed by atoms with Gasteiger partial charge in [0.15, 0.2) is 0 Å². The number of ether oxygens (including phenoxy) is 1. The van der Waals surface area contributed by atoms with Crippen LogP contribution in [0.25, 0.3) is 0 Å². The zero-order valence-corrected chi connectivity index (χ0v) is 13.8. The van der Waals surface area contributed by atoms with Gasteiger partial charge in [0.1, 0.15) is 17.7 Å². The highest BCUT2D eigenvalue weighted by Crippen LogP contribution is 2.27. The van der Waals surface area contributed by atoms with E-state index in [1.807, 2.05) is 6.07 Å². The number of nitrogens with zero attached hydrogens (tertiary/aromatic N) is 2. The van der Waals surface area contributed by atoms with Crippen molar-refractivity contribution in [3.63, 3.8) is 0 Å². The van der Waals surface area contributed by atoms with E-state index in [0.29, 0.717) is 11.8 Å². The molecule has 3 heterocycles. The number of fused-ring (bicyclic) bond motifs is 1. The van der Waals surface area contributed by atoms with Crippen molar-refractivity contribution in [3.05, 3.63) is 52.5 Å². The molecule has 0 saturated carbocycles. The van der Waals surface area contributed by atoms with Crippen LogP contribution in [0.3, 0.4) is 0 Å². The predicted molar refractivity (Wildman–Crippen MR) is 90.4 cm³/mol. The first-order chi connectivity index (χ1) is 11.3. The minimum absolute atomic E-state index is 0.169. The van der Waals surface area contributed by atoms with Crippen LogP contribution in [-0.4, -0.2) is 48.1 Å². The third kappa shape index (κ3) is 3.57. The van der Waals surface area contributed by atoms with Crippen molar-refractivity contribution in [3.8, 4) is 5.75 Å². The molecule has 1 aromatic heterocycles. The topological polar surface area (TPSA) is 15.7 Å². The maximum absolute atomic E-state index is 13.3. The van der Waals surface area contributed by atoms with E-state index in [-0.39, 0.29) is 11.9 Å². The largest absolute Gasteiger partial charge is 0.489 e. The number of hydrogen-bond donors (Lipinski definition) is 0. The number of rotatable bonds is 4. The van der Waals surface area contributed by atoms with E-state index in [9.17, 15) is 4.39 Å². The minimum Gasteiger partial charge on any atom is -0.489 e. The zero-order chi connectivity index (χ0) is 15.6. The van der Waals surface area contributed by atoms with Crippen LogP contribution in [0.1, 0.15) is 12.0 Å². The molecule has 2 aliphatic rings. The van der Waals surface area contributed by atoms with Crippen LogP contribution in [0.4, 0.5) is 4.39 Å². The molecule has 0 bridgehead atoms. The SMILES string of the molecule is Fc1cccc(OC2CC3CN(Cc4ccsc4)CCN3C2)c1. The second-order valence-corrected chi connectivity index (χ2v) is 7.23. The molecule has 0 spiro atoms. The Kier molecular flexibility index (Phi) is 4.33. The average molecular weight is 332 g/mol. The van der Waals surface area contributed by atoms with Gasteiger partial charge in [-0.15, -0.1) is 0 Å². The molecule has 3 nitrogen and oxygen atoms in total. The molecule has 5 heteroatoms. The molecule has 2 fully saturated rings. The van der Waals surface area contributed by atoms with Gasteiger partial charge < -0.3 is 4.74 Å². The normalized spacial score (nSPS) is 25.4. The number of piperazine rings is 1. The average Bonchev–Trinajstić information content (AvgIpc) is 3.16. The molecule has 0 amide bonds. The fraction of sp³-hybridized carbons (Fsp3) is 0.444. The minimum atomic E-state index is -0.236. The van der Waals surface area contributed by atoms with Crippen LogP contribution in [0.5, 0.6) is 5.75 Å². The van der Waals surface area contributed by atoms with Gasteiger partial charge in [-0.3, -0.25) is 9.80 Å². The number of halogens is 1. The van der Waals surface area contributed by atoms with Crippen molar-refractivity contribution in [2.75, 3.05) is 26.2 Å². The van der Waals surface area contributed by atoms with E-state index < -0.39 is 0 Å². The Morgan fingerprint density at radius 1 is 1.22 bits per heavy atom. The van der Waals surface area contributed by atoms with Crippen LogP contribution in [0, 0.1) is 5.82 Å². The molecule has 2 aromatic rings. The molecular formula is C18H21FN2OS. The van der Waals surface area contributed by atoms with Crippen molar-refractivity contribution in [2.45, 2.75) is 25.1 Å². The molecule has 2 unspecified atom stereocenters. The third-order valence-electron chi connectivity index (χ3n) is 4.75. The lowest BCUT2D eigenvalue weighted by Crippen LogP contribution is -2.49. The first-order valence-corrected chi connectivity index (χ1v) is 9.10. The van der Waals surface area contributed by atoms with Gasteiger partial charge in [-0.25, -0.2) is 4.39 Å². The highest BCUT2D eigenvalue weighted by molar-refractivity contribution is 7.07. The van der Waals surface area contributed by atoms with E-state index in [2.05, 4.69) is 26.6 Å². The summed E-state index contributed by atoms with van der Waals surface area (Å²) < 4.78 is 19.3. The fourth-order valence-electron chi connectivity index (χ4n) is 3.66. The molecular weight excluding hydrogens is 311 g/mol. The Labute approximate surface area is 140 Å². The summed E-state index contributed by atoms with van der Waals surface area (Å²) in [6.07, 6.45) is 1.19. The molecule has 1 aromatic carbocycles. The van der Waals surface area contributed by atoms with E-state index in [0.717, 1.165) is 39.1 Å². The van der Waals surface area contributed by atoms with Crippen LogP contribution in [0.2, 0.25) is 0 Å². The van der Waals surface area contributed by atoms with E-state index in [4.69, 9.17) is 4.74 Å². The zero-order valence-electron chi connectivity index (χ0n) is 13.0. The monoisotopic (exact) mass is 332 g/mol. The van der Waals surface area contributed by atoms with Crippen molar-refractivity contribution in [2.24, 2.45) is 0 Å². The second kappa shape index (κ2) is 6.59. The molecule has 4 rings (SSSR count). The van der Waals surface area contributed by atoms with Crippen molar-refractivity contribution < 1.29 is 9.13 Å². The first kappa shape index (κ1) is 15.1. The molecule has 2 aliphatic heterocycles. The number of benzene rings is 1. The Hall–Kier alpha value is -1.43. The maximum atomic E-state index is 13.3. The first-order valence-electron chi connectivity index (χ1n) is 8.16. The van der Waals surface area contributed by atoms with Gasteiger partial charge in [-0.05, 0) is 34.5 Å². The summed E-state index contributed by atoms with van der Waals surface area (Å²) in [6.45, 7) is 5.30. The van der Waals surface area contributed by atoms with Gasteiger partial charge in [0.25, 0.3) is 0 Å². The molecule has 122 valence electrons. The highest BCUT2D eigenvalue weighted by Gasteiger charge is 2.37. The molecule has 0 radical (unpaired) electrons. The summed E-state index contributed by atoms with van der Waals surface area (Å²) in [5, 5.41) is 4.38. The fourth-order valence-corrected chi connectivity index (χ4v) is 4.32. The Balaban J connectivity index is 1.34. The number of hydrogen-bond acceptors (Lipinski definition) is 4. The summed E-state index contributed by atoms with van der Waals surface area (Å²) in [5.74, 6) is 0.408. The quantitative estimate of drug-likeness (QED) is 0.855. The van der Waals surface area contributed by atoms with Crippen molar-refractivity contribution >= 4 is 11.3 Å². The van der Waals surface area contributed by atoms with E-state index in [1.165, 1.54) is 17.7 Å². The van der Waals surface area contributed by atoms with Gasteiger partial charge in [-0.1, -0.05) is 6.07 Å². The van der Waals surface area contributed by atoms with Crippen LogP contribution >= 0.6 is 11.3 Å². The van der Waals surface area contributed by atoms with Crippen LogP contribution in [0.15, 0.2) is 41.1 Å². The van der Waals surface area contributed by atoms with Crippen LogP contribution in [-0.2, 0) is 6.54 Å². The van der Waals surface area contributed by atoms with Crippen LogP contribution < -0.4 is 4.74 Å². The van der Waals surface area contributed by atoms with Gasteiger partial charge in [0, 0.05) is 51.3 Å². The summed E-state index contributed by atoms with van der Waals surface area (Å²) >= 11 is 1.76. The lowest BCUT2D eigenvalue weighted by atomic mass is 10.1. The summed E-state index contributed by atoms with van der Waals surface area (Å²) in [4.78, 5) is 5.06. The van der Waals surface area contributed by atoms with Crippen molar-refractivity contribution in [1.29, 1.82) is 0 Å². The Morgan fingerprint density at radius 2 is 2.17 bits per heavy atom. The lowest BCUT2D eigenvalue weighted by Gasteiger charge is -2.37. The smallest absolute Gasteiger partial charge is 0.126 e. The van der Waals surface area contributed by atoms with E-state index in [1.54, 1.807) is 17.4 Å². The van der Waals surface area contributed by atoms with Gasteiger partial charge >= 0.3 is 0 Å². The Morgan fingerprint density at radius 3 is 3.00 bits per heavy atom. The van der Waals surface area contributed by atoms with Gasteiger partial charge in [-0.2, -0.15) is 11.3 Å². The predicted octanol–water partition coefficient (Wildman–Crippen LogP) is 3.22.